The number of ether oxygens (including phenoxy) is 2. The highest BCUT2D eigenvalue weighted by Gasteiger charge is 2.17. The van der Waals surface area contributed by atoms with Crippen molar-refractivity contribution in [3.8, 4) is 11.5 Å². The fourth-order valence-electron chi connectivity index (χ4n) is 2.66. The number of fused-ring (bicyclic) bond motifs is 1. The van der Waals surface area contributed by atoms with Crippen LogP contribution in [0.1, 0.15) is 22.7 Å². The summed E-state index contributed by atoms with van der Waals surface area (Å²) in [7, 11) is 1.46. The summed E-state index contributed by atoms with van der Waals surface area (Å²) < 4.78 is 24.7. The molecule has 3 nitrogen and oxygen atoms in total. The van der Waals surface area contributed by atoms with Crippen molar-refractivity contribution >= 4 is 0 Å². The van der Waals surface area contributed by atoms with Crippen molar-refractivity contribution in [2.75, 3.05) is 13.7 Å². The third kappa shape index (κ3) is 2.72. The summed E-state index contributed by atoms with van der Waals surface area (Å²) in [6, 6.07) is 10.8. The highest BCUT2D eigenvalue weighted by atomic mass is 19.1. The van der Waals surface area contributed by atoms with Crippen LogP contribution in [0.4, 0.5) is 4.39 Å². The molecule has 2 N–H and O–H groups in total. The Kier molecular flexibility index (Phi) is 3.80. The average molecular weight is 287 g/mol. The van der Waals surface area contributed by atoms with Crippen LogP contribution in [-0.4, -0.2) is 13.7 Å². The van der Waals surface area contributed by atoms with E-state index in [2.05, 4.69) is 6.07 Å². The van der Waals surface area contributed by atoms with E-state index in [4.69, 9.17) is 15.2 Å². The standard InChI is InChI=1S/C17H18FNO2/c1-20-16-4-2-3-13(17(16)18)10-14(19)11-5-6-15-12(9-11)7-8-21-15/h2-6,9,14H,7-8,10,19H2,1H3. The summed E-state index contributed by atoms with van der Waals surface area (Å²) >= 11 is 0. The van der Waals surface area contributed by atoms with Gasteiger partial charge in [0, 0.05) is 12.5 Å². The summed E-state index contributed by atoms with van der Waals surface area (Å²) in [5.41, 5.74) is 8.98. The van der Waals surface area contributed by atoms with Gasteiger partial charge in [-0.25, -0.2) is 4.39 Å². The van der Waals surface area contributed by atoms with Crippen molar-refractivity contribution in [2.24, 2.45) is 5.73 Å². The van der Waals surface area contributed by atoms with Crippen molar-refractivity contribution in [1.82, 2.24) is 0 Å². The number of benzene rings is 2. The maximum Gasteiger partial charge on any atom is 0.168 e. The van der Waals surface area contributed by atoms with Crippen molar-refractivity contribution in [2.45, 2.75) is 18.9 Å². The van der Waals surface area contributed by atoms with E-state index in [1.165, 1.54) is 12.7 Å². The number of hydrogen-bond donors (Lipinski definition) is 1. The van der Waals surface area contributed by atoms with Gasteiger partial charge in [0.05, 0.1) is 13.7 Å². The van der Waals surface area contributed by atoms with Gasteiger partial charge < -0.3 is 15.2 Å². The molecule has 0 amide bonds. The van der Waals surface area contributed by atoms with Crippen LogP contribution in [-0.2, 0) is 12.8 Å². The Morgan fingerprint density at radius 2 is 2.19 bits per heavy atom. The predicted molar refractivity (Wildman–Crippen MR) is 79.2 cm³/mol. The van der Waals surface area contributed by atoms with Crippen LogP contribution in [0.25, 0.3) is 0 Å². The van der Waals surface area contributed by atoms with Crippen molar-refractivity contribution in [3.63, 3.8) is 0 Å². The molecule has 1 aliphatic heterocycles. The second kappa shape index (κ2) is 5.74. The Hall–Kier alpha value is -2.07. The van der Waals surface area contributed by atoms with E-state index in [9.17, 15) is 4.39 Å². The third-order valence-electron chi connectivity index (χ3n) is 3.84. The second-order valence-electron chi connectivity index (χ2n) is 5.21. The molecular formula is C17H18FNO2. The molecule has 110 valence electrons. The van der Waals surface area contributed by atoms with E-state index < -0.39 is 0 Å². The molecule has 0 bridgehead atoms. The Balaban J connectivity index is 1.82. The van der Waals surface area contributed by atoms with Gasteiger partial charge in [-0.2, -0.15) is 0 Å². The molecule has 2 aromatic rings. The van der Waals surface area contributed by atoms with E-state index in [1.54, 1.807) is 18.2 Å². The Morgan fingerprint density at radius 1 is 1.33 bits per heavy atom. The zero-order valence-corrected chi connectivity index (χ0v) is 11.9. The van der Waals surface area contributed by atoms with Crippen LogP contribution in [0.5, 0.6) is 11.5 Å². The molecule has 2 aromatic carbocycles. The zero-order chi connectivity index (χ0) is 14.8. The predicted octanol–water partition coefficient (Wildman–Crippen LogP) is 3.01. The topological polar surface area (TPSA) is 44.5 Å². The summed E-state index contributed by atoms with van der Waals surface area (Å²) in [4.78, 5) is 0. The maximum atomic E-state index is 14.2. The molecule has 1 heterocycles. The number of halogens is 1. The van der Waals surface area contributed by atoms with Crippen molar-refractivity contribution in [3.05, 3.63) is 58.9 Å². The minimum absolute atomic E-state index is 0.252. The summed E-state index contributed by atoms with van der Waals surface area (Å²) in [6.07, 6.45) is 1.34. The fraction of sp³-hybridized carbons (Fsp3) is 0.294. The van der Waals surface area contributed by atoms with Gasteiger partial charge in [0.1, 0.15) is 5.75 Å². The lowest BCUT2D eigenvalue weighted by atomic mass is 9.97. The van der Waals surface area contributed by atoms with Crippen LogP contribution >= 0.6 is 0 Å². The molecule has 0 spiro atoms. The largest absolute Gasteiger partial charge is 0.494 e. The summed E-state index contributed by atoms with van der Waals surface area (Å²) in [5.74, 6) is 0.848. The lowest BCUT2D eigenvalue weighted by Gasteiger charge is -2.15. The molecule has 0 saturated heterocycles. The molecule has 0 radical (unpaired) electrons. The van der Waals surface area contributed by atoms with Crippen LogP contribution in [0, 0.1) is 5.82 Å². The van der Waals surface area contributed by atoms with Gasteiger partial charge in [0.25, 0.3) is 0 Å². The molecule has 4 heteroatoms. The number of nitrogens with two attached hydrogens (primary N) is 1. The van der Waals surface area contributed by atoms with Crippen molar-refractivity contribution in [1.29, 1.82) is 0 Å². The van der Waals surface area contributed by atoms with Crippen molar-refractivity contribution < 1.29 is 13.9 Å². The maximum absolute atomic E-state index is 14.2. The van der Waals surface area contributed by atoms with E-state index in [1.807, 2.05) is 12.1 Å². The van der Waals surface area contributed by atoms with Gasteiger partial charge in [-0.05, 0) is 35.2 Å². The molecule has 0 aliphatic carbocycles. The SMILES string of the molecule is COc1cccc(CC(N)c2ccc3c(c2)CCO3)c1F. The van der Waals surface area contributed by atoms with E-state index in [0.717, 1.165) is 24.3 Å². The second-order valence-corrected chi connectivity index (χ2v) is 5.21. The Labute approximate surface area is 123 Å². The number of hydrogen-bond acceptors (Lipinski definition) is 3. The molecule has 1 unspecified atom stereocenters. The molecule has 21 heavy (non-hydrogen) atoms. The first-order valence-electron chi connectivity index (χ1n) is 7.01. The zero-order valence-electron chi connectivity index (χ0n) is 11.9. The van der Waals surface area contributed by atoms with Crippen LogP contribution < -0.4 is 15.2 Å². The molecular weight excluding hydrogens is 269 g/mol. The lowest BCUT2D eigenvalue weighted by Crippen LogP contribution is -2.14. The Morgan fingerprint density at radius 3 is 3.00 bits per heavy atom. The minimum atomic E-state index is -0.333. The quantitative estimate of drug-likeness (QED) is 0.940. The summed E-state index contributed by atoms with van der Waals surface area (Å²) in [5, 5.41) is 0. The highest BCUT2D eigenvalue weighted by Crippen LogP contribution is 2.29. The first-order chi connectivity index (χ1) is 10.2. The number of methoxy groups -OCH3 is 1. The molecule has 3 rings (SSSR count). The van der Waals surface area contributed by atoms with Crippen LogP contribution in [0.2, 0.25) is 0 Å². The van der Waals surface area contributed by atoms with Gasteiger partial charge in [-0.1, -0.05) is 24.3 Å². The third-order valence-corrected chi connectivity index (χ3v) is 3.84. The van der Waals surface area contributed by atoms with E-state index in [-0.39, 0.29) is 17.6 Å². The molecule has 0 saturated carbocycles. The smallest absolute Gasteiger partial charge is 0.168 e. The number of rotatable bonds is 4. The minimum Gasteiger partial charge on any atom is -0.494 e. The van der Waals surface area contributed by atoms with E-state index in [0.29, 0.717) is 12.0 Å². The lowest BCUT2D eigenvalue weighted by molar-refractivity contribution is 0.357. The van der Waals surface area contributed by atoms with Gasteiger partial charge >= 0.3 is 0 Å². The monoisotopic (exact) mass is 287 g/mol. The average Bonchev–Trinajstić information content (AvgIpc) is 2.96. The van der Waals surface area contributed by atoms with Gasteiger partial charge in [0.2, 0.25) is 0 Å². The highest BCUT2D eigenvalue weighted by molar-refractivity contribution is 5.41. The van der Waals surface area contributed by atoms with Gasteiger partial charge in [-0.3, -0.25) is 0 Å². The van der Waals surface area contributed by atoms with Gasteiger partial charge in [0.15, 0.2) is 11.6 Å². The summed E-state index contributed by atoms with van der Waals surface area (Å²) in [6.45, 7) is 0.721. The molecule has 1 aliphatic rings. The normalized spacial score (nSPS) is 14.4. The molecule has 0 fully saturated rings. The fourth-order valence-corrected chi connectivity index (χ4v) is 2.66. The van der Waals surface area contributed by atoms with Crippen LogP contribution in [0.15, 0.2) is 36.4 Å². The van der Waals surface area contributed by atoms with Crippen LogP contribution in [0.3, 0.4) is 0 Å². The molecule has 0 aromatic heterocycles. The van der Waals surface area contributed by atoms with E-state index >= 15 is 0 Å². The molecule has 1 atom stereocenters. The first-order valence-corrected chi connectivity index (χ1v) is 7.01. The Bertz CT molecular complexity index is 657. The first kappa shape index (κ1) is 13.9. The van der Waals surface area contributed by atoms with Gasteiger partial charge in [-0.15, -0.1) is 0 Å².